The van der Waals surface area contributed by atoms with Crippen molar-refractivity contribution in [3.63, 3.8) is 0 Å². The highest BCUT2D eigenvalue weighted by atomic mass is 15.1. The molecule has 2 nitrogen and oxygen atoms in total. The summed E-state index contributed by atoms with van der Waals surface area (Å²) in [5, 5.41) is 0. The first-order valence-corrected chi connectivity index (χ1v) is 5.64. The minimum absolute atomic E-state index is 0.526. The molecule has 2 heteroatoms. The van der Waals surface area contributed by atoms with Gasteiger partial charge in [0.15, 0.2) is 0 Å². The number of nitrogens with zero attached hydrogens (tertiary/aromatic N) is 1. The molecule has 2 fully saturated rings. The first kappa shape index (κ1) is 11.0. The molecule has 0 aromatic carbocycles. The van der Waals surface area contributed by atoms with Crippen molar-refractivity contribution in [3.8, 4) is 0 Å². The van der Waals surface area contributed by atoms with E-state index in [9.17, 15) is 0 Å². The average molecular weight is 184 g/mol. The predicted molar refractivity (Wildman–Crippen MR) is 57.7 cm³/mol. The van der Waals surface area contributed by atoms with Gasteiger partial charge in [-0.05, 0) is 51.2 Å². The average Bonchev–Trinajstić information content (AvgIpc) is 2.11. The van der Waals surface area contributed by atoms with E-state index in [1.807, 2.05) is 13.8 Å². The Bertz CT molecular complexity index is 140. The number of piperidine rings is 1. The SMILES string of the molecule is CC.CN1CCC2(CC1)CC(N)C2. The number of likely N-dealkylation sites (tertiary alicyclic amines) is 1. The van der Waals surface area contributed by atoms with Crippen molar-refractivity contribution in [2.45, 2.75) is 45.6 Å². The van der Waals surface area contributed by atoms with Crippen LogP contribution in [0.5, 0.6) is 0 Å². The molecule has 0 radical (unpaired) electrons. The van der Waals surface area contributed by atoms with E-state index in [2.05, 4.69) is 11.9 Å². The lowest BCUT2D eigenvalue weighted by Gasteiger charge is -2.50. The molecule has 0 aromatic rings. The van der Waals surface area contributed by atoms with Crippen LogP contribution in [0.1, 0.15) is 39.5 Å². The van der Waals surface area contributed by atoms with Crippen molar-refractivity contribution >= 4 is 0 Å². The first-order chi connectivity index (χ1) is 6.20. The Hall–Kier alpha value is -0.0800. The Balaban J connectivity index is 0.000000396. The van der Waals surface area contributed by atoms with Gasteiger partial charge in [0.1, 0.15) is 0 Å². The van der Waals surface area contributed by atoms with Crippen LogP contribution in [-0.4, -0.2) is 31.1 Å². The zero-order valence-corrected chi connectivity index (χ0v) is 9.34. The number of hydrogen-bond acceptors (Lipinski definition) is 2. The molecule has 0 aromatic heterocycles. The lowest BCUT2D eigenvalue weighted by atomic mass is 9.61. The van der Waals surface area contributed by atoms with Crippen molar-refractivity contribution < 1.29 is 0 Å². The molecule has 0 bridgehead atoms. The van der Waals surface area contributed by atoms with Crippen molar-refractivity contribution in [1.82, 2.24) is 4.90 Å². The van der Waals surface area contributed by atoms with E-state index in [-0.39, 0.29) is 0 Å². The third-order valence-corrected chi connectivity index (χ3v) is 3.44. The summed E-state index contributed by atoms with van der Waals surface area (Å²) in [6.07, 6.45) is 5.36. The standard InChI is InChI=1S/C9H18N2.C2H6/c1-11-4-2-9(3-5-11)6-8(10)7-9;1-2/h8H,2-7,10H2,1H3;1-2H3. The maximum absolute atomic E-state index is 5.81. The lowest BCUT2D eigenvalue weighted by molar-refractivity contribution is 0.0264. The molecule has 1 heterocycles. The normalized spacial score (nSPS) is 27.7. The van der Waals surface area contributed by atoms with Gasteiger partial charge in [-0.2, -0.15) is 0 Å². The third-order valence-electron chi connectivity index (χ3n) is 3.44. The Morgan fingerprint density at radius 1 is 1.15 bits per heavy atom. The topological polar surface area (TPSA) is 29.3 Å². The number of nitrogens with two attached hydrogens (primary N) is 1. The second-order valence-electron chi connectivity index (χ2n) is 4.47. The van der Waals surface area contributed by atoms with E-state index in [1.165, 1.54) is 38.8 Å². The van der Waals surface area contributed by atoms with Gasteiger partial charge in [-0.25, -0.2) is 0 Å². The van der Waals surface area contributed by atoms with Gasteiger partial charge in [0.25, 0.3) is 0 Å². The van der Waals surface area contributed by atoms with Gasteiger partial charge in [-0.3, -0.25) is 0 Å². The van der Waals surface area contributed by atoms with Gasteiger partial charge in [-0.15, -0.1) is 0 Å². The quantitative estimate of drug-likeness (QED) is 0.622. The molecule has 1 saturated carbocycles. The van der Waals surface area contributed by atoms with Crippen molar-refractivity contribution in [1.29, 1.82) is 0 Å². The Morgan fingerprint density at radius 2 is 1.62 bits per heavy atom. The molecule has 1 spiro atoms. The fourth-order valence-corrected chi connectivity index (χ4v) is 2.55. The highest BCUT2D eigenvalue weighted by Gasteiger charge is 2.43. The summed E-state index contributed by atoms with van der Waals surface area (Å²) in [6, 6.07) is 0.526. The van der Waals surface area contributed by atoms with Gasteiger partial charge in [0, 0.05) is 6.04 Å². The molecular formula is C11H24N2. The first-order valence-electron chi connectivity index (χ1n) is 5.64. The van der Waals surface area contributed by atoms with Crippen LogP contribution in [0.15, 0.2) is 0 Å². The maximum atomic E-state index is 5.81. The van der Waals surface area contributed by atoms with Crippen LogP contribution >= 0.6 is 0 Å². The Labute approximate surface area is 82.5 Å². The van der Waals surface area contributed by atoms with Crippen LogP contribution in [0.4, 0.5) is 0 Å². The number of rotatable bonds is 0. The molecule has 2 N–H and O–H groups in total. The van der Waals surface area contributed by atoms with Crippen molar-refractivity contribution in [2.75, 3.05) is 20.1 Å². The summed E-state index contributed by atoms with van der Waals surface area (Å²) >= 11 is 0. The van der Waals surface area contributed by atoms with Gasteiger partial charge >= 0.3 is 0 Å². The second kappa shape index (κ2) is 4.43. The molecule has 1 saturated heterocycles. The van der Waals surface area contributed by atoms with E-state index >= 15 is 0 Å². The summed E-state index contributed by atoms with van der Waals surface area (Å²) in [7, 11) is 2.21. The van der Waals surface area contributed by atoms with Crippen LogP contribution in [0.2, 0.25) is 0 Å². The van der Waals surface area contributed by atoms with E-state index in [0.717, 1.165) is 0 Å². The predicted octanol–water partition coefficient (Wildman–Crippen LogP) is 1.85. The Kier molecular flexibility index (Phi) is 3.74. The Morgan fingerprint density at radius 3 is 2.00 bits per heavy atom. The van der Waals surface area contributed by atoms with Crippen LogP contribution < -0.4 is 5.73 Å². The molecular weight excluding hydrogens is 160 g/mol. The molecule has 1 aliphatic heterocycles. The molecule has 1 aliphatic carbocycles. The van der Waals surface area contributed by atoms with E-state index in [1.54, 1.807) is 0 Å². The molecule has 2 aliphatic rings. The fourth-order valence-electron chi connectivity index (χ4n) is 2.55. The van der Waals surface area contributed by atoms with Gasteiger partial charge in [0.05, 0.1) is 0 Å². The monoisotopic (exact) mass is 184 g/mol. The summed E-state index contributed by atoms with van der Waals surface area (Å²) in [5.74, 6) is 0. The second-order valence-corrected chi connectivity index (χ2v) is 4.47. The van der Waals surface area contributed by atoms with Crippen LogP contribution in [0.25, 0.3) is 0 Å². The van der Waals surface area contributed by atoms with Gasteiger partial charge in [0.2, 0.25) is 0 Å². The van der Waals surface area contributed by atoms with Crippen LogP contribution in [0.3, 0.4) is 0 Å². The zero-order valence-electron chi connectivity index (χ0n) is 9.34. The summed E-state index contributed by atoms with van der Waals surface area (Å²) in [4.78, 5) is 2.43. The molecule has 78 valence electrons. The van der Waals surface area contributed by atoms with Gasteiger partial charge in [-0.1, -0.05) is 13.8 Å². The summed E-state index contributed by atoms with van der Waals surface area (Å²) in [5.41, 5.74) is 6.49. The smallest absolute Gasteiger partial charge is 0.00494 e. The summed E-state index contributed by atoms with van der Waals surface area (Å²) < 4.78 is 0. The fraction of sp³-hybridized carbons (Fsp3) is 1.00. The highest BCUT2D eigenvalue weighted by molar-refractivity contribution is 4.98. The van der Waals surface area contributed by atoms with Gasteiger partial charge < -0.3 is 10.6 Å². The molecule has 2 rings (SSSR count). The largest absolute Gasteiger partial charge is 0.328 e. The van der Waals surface area contributed by atoms with Crippen LogP contribution in [-0.2, 0) is 0 Å². The summed E-state index contributed by atoms with van der Waals surface area (Å²) in [6.45, 7) is 6.57. The number of hydrogen-bond donors (Lipinski definition) is 1. The van der Waals surface area contributed by atoms with Crippen molar-refractivity contribution in [2.24, 2.45) is 11.1 Å². The minimum Gasteiger partial charge on any atom is -0.328 e. The van der Waals surface area contributed by atoms with E-state index < -0.39 is 0 Å². The minimum atomic E-state index is 0.526. The van der Waals surface area contributed by atoms with E-state index in [0.29, 0.717) is 11.5 Å². The molecule has 0 unspecified atom stereocenters. The van der Waals surface area contributed by atoms with Crippen LogP contribution in [0, 0.1) is 5.41 Å². The third kappa shape index (κ3) is 2.44. The molecule has 0 amide bonds. The highest BCUT2D eigenvalue weighted by Crippen LogP contribution is 2.47. The van der Waals surface area contributed by atoms with E-state index in [4.69, 9.17) is 5.73 Å². The lowest BCUT2D eigenvalue weighted by Crippen LogP contribution is -2.51. The van der Waals surface area contributed by atoms with Crippen molar-refractivity contribution in [3.05, 3.63) is 0 Å². The molecule has 13 heavy (non-hydrogen) atoms. The zero-order chi connectivity index (χ0) is 9.90. The maximum Gasteiger partial charge on any atom is 0.00494 e. The molecule has 0 atom stereocenters.